The molecule has 0 radical (unpaired) electrons. The Morgan fingerprint density at radius 3 is 0.824 bits per heavy atom. The third-order valence-corrected chi connectivity index (χ3v) is 5.04. The molecule has 0 amide bonds. The van der Waals surface area contributed by atoms with Crippen LogP contribution in [0.3, 0.4) is 0 Å². The summed E-state index contributed by atoms with van der Waals surface area (Å²) >= 11 is 0. The predicted octanol–water partition coefficient (Wildman–Crippen LogP) is 3.72. The highest BCUT2D eigenvalue weighted by atomic mass is 16.5. The maximum absolute atomic E-state index is 12.9. The normalized spacial score (nSPS) is 21.5. The van der Waals surface area contributed by atoms with Crippen LogP contribution in [0.25, 0.3) is 0 Å². The summed E-state index contributed by atoms with van der Waals surface area (Å²) in [6.07, 6.45) is -0.270. The molecule has 1 aliphatic rings. The fourth-order valence-corrected chi connectivity index (χ4v) is 3.45. The summed E-state index contributed by atoms with van der Waals surface area (Å²) in [4.78, 5) is 51.6. The van der Waals surface area contributed by atoms with Crippen LogP contribution in [-0.2, 0) is 38.1 Å². The van der Waals surface area contributed by atoms with E-state index in [2.05, 4.69) is 26.3 Å². The molecule has 1 fully saturated rings. The lowest BCUT2D eigenvalue weighted by Crippen LogP contribution is -2.47. The van der Waals surface area contributed by atoms with E-state index in [1.54, 1.807) is 27.7 Å². The van der Waals surface area contributed by atoms with Gasteiger partial charge in [-0.2, -0.15) is 0 Å². The Kier molecular flexibility index (Phi) is 11.5. The molecule has 0 bridgehead atoms. The summed E-state index contributed by atoms with van der Waals surface area (Å²) in [7, 11) is 0. The van der Waals surface area contributed by atoms with Crippen molar-refractivity contribution in [1.29, 1.82) is 0 Å². The van der Waals surface area contributed by atoms with Gasteiger partial charge in [0.2, 0.25) is 0 Å². The first-order valence-corrected chi connectivity index (χ1v) is 11.1. The van der Waals surface area contributed by atoms with Gasteiger partial charge in [-0.05, 0) is 62.8 Å². The molecule has 0 aromatic carbocycles. The highest BCUT2D eigenvalue weighted by Crippen LogP contribution is 2.41. The first-order chi connectivity index (χ1) is 15.8. The minimum atomic E-state index is -1.01. The van der Waals surface area contributed by atoms with Crippen LogP contribution in [0.15, 0.2) is 48.6 Å². The average Bonchev–Trinajstić information content (AvgIpc) is 2.76. The number of rotatable bonds is 12. The molecule has 1 saturated carbocycles. The molecule has 0 saturated heterocycles. The number of ether oxygens (including phenoxy) is 4. The molecule has 4 unspecified atom stereocenters. The van der Waals surface area contributed by atoms with E-state index < -0.39 is 47.5 Å². The Labute approximate surface area is 201 Å². The van der Waals surface area contributed by atoms with Crippen molar-refractivity contribution in [3.8, 4) is 0 Å². The number of esters is 4. The largest absolute Gasteiger partial charge is 0.461 e. The molecule has 0 spiro atoms. The number of hydrogen-bond donors (Lipinski definition) is 0. The van der Waals surface area contributed by atoms with Crippen molar-refractivity contribution in [2.24, 2.45) is 23.7 Å². The maximum atomic E-state index is 12.9. The SMILES string of the molecule is C=C(C)COC(=O)C1CC(C(=O)OCC(=C)C)C(C(=O)OCC(=C)C)CC1C(=O)OCC(=C)C. The molecule has 1 aliphatic carbocycles. The fraction of sp³-hybridized carbons (Fsp3) is 0.538. The van der Waals surface area contributed by atoms with Crippen molar-refractivity contribution in [2.45, 2.75) is 40.5 Å². The van der Waals surface area contributed by atoms with Gasteiger partial charge in [0.15, 0.2) is 0 Å². The van der Waals surface area contributed by atoms with Gasteiger partial charge in [-0.3, -0.25) is 19.2 Å². The molecule has 8 heteroatoms. The highest BCUT2D eigenvalue weighted by molar-refractivity contribution is 5.88. The van der Waals surface area contributed by atoms with E-state index in [0.29, 0.717) is 22.3 Å². The summed E-state index contributed by atoms with van der Waals surface area (Å²) in [5.74, 6) is -6.74. The maximum Gasteiger partial charge on any atom is 0.310 e. The summed E-state index contributed by atoms with van der Waals surface area (Å²) in [5, 5.41) is 0. The Morgan fingerprint density at radius 2 is 0.676 bits per heavy atom. The number of hydrogen-bond acceptors (Lipinski definition) is 8. The van der Waals surface area contributed by atoms with Crippen LogP contribution in [-0.4, -0.2) is 50.3 Å². The molecule has 0 aromatic rings. The van der Waals surface area contributed by atoms with Gasteiger partial charge in [0, 0.05) is 0 Å². The molecular formula is C26H36O8. The van der Waals surface area contributed by atoms with Gasteiger partial charge >= 0.3 is 23.9 Å². The quantitative estimate of drug-likeness (QED) is 0.238. The molecule has 0 N–H and O–H groups in total. The van der Waals surface area contributed by atoms with Crippen molar-refractivity contribution in [1.82, 2.24) is 0 Å². The Morgan fingerprint density at radius 1 is 0.500 bits per heavy atom. The second-order valence-corrected chi connectivity index (χ2v) is 9.16. The van der Waals surface area contributed by atoms with Crippen molar-refractivity contribution < 1.29 is 38.1 Å². The van der Waals surface area contributed by atoms with Crippen molar-refractivity contribution in [2.75, 3.05) is 26.4 Å². The van der Waals surface area contributed by atoms with Crippen LogP contribution in [0.5, 0.6) is 0 Å². The molecule has 0 aromatic heterocycles. The van der Waals surface area contributed by atoms with E-state index in [0.717, 1.165) is 0 Å². The Hall–Kier alpha value is -3.16. The van der Waals surface area contributed by atoms with Gasteiger partial charge in [0.1, 0.15) is 26.4 Å². The number of carbonyl (C=O) groups excluding carboxylic acids is 4. The van der Waals surface area contributed by atoms with Gasteiger partial charge in [0.05, 0.1) is 23.7 Å². The van der Waals surface area contributed by atoms with Crippen molar-refractivity contribution >= 4 is 23.9 Å². The van der Waals surface area contributed by atoms with Crippen LogP contribution in [0.2, 0.25) is 0 Å². The van der Waals surface area contributed by atoms with Crippen molar-refractivity contribution in [3.05, 3.63) is 48.6 Å². The summed E-state index contributed by atoms with van der Waals surface area (Å²) in [6.45, 7) is 21.4. The monoisotopic (exact) mass is 476 g/mol. The molecule has 0 heterocycles. The van der Waals surface area contributed by atoms with Gasteiger partial charge in [-0.15, -0.1) is 0 Å². The second kappa shape index (κ2) is 13.5. The summed E-state index contributed by atoms with van der Waals surface area (Å²) in [6, 6.07) is 0. The molecule has 4 atom stereocenters. The van der Waals surface area contributed by atoms with Gasteiger partial charge < -0.3 is 18.9 Å². The van der Waals surface area contributed by atoms with Crippen LogP contribution in [0.4, 0.5) is 0 Å². The first kappa shape index (κ1) is 28.9. The topological polar surface area (TPSA) is 105 Å². The molecule has 8 nitrogen and oxygen atoms in total. The van der Waals surface area contributed by atoms with E-state index in [1.807, 2.05) is 0 Å². The van der Waals surface area contributed by atoms with E-state index in [-0.39, 0.29) is 39.3 Å². The third kappa shape index (κ3) is 9.37. The fourth-order valence-electron chi connectivity index (χ4n) is 3.45. The minimum absolute atomic E-state index is 0.0300. The zero-order valence-corrected chi connectivity index (χ0v) is 20.6. The molecule has 1 rings (SSSR count). The van der Waals surface area contributed by atoms with E-state index in [1.165, 1.54) is 0 Å². The average molecular weight is 477 g/mol. The van der Waals surface area contributed by atoms with Gasteiger partial charge in [-0.1, -0.05) is 26.3 Å². The molecular weight excluding hydrogens is 440 g/mol. The lowest BCUT2D eigenvalue weighted by Gasteiger charge is -2.37. The highest BCUT2D eigenvalue weighted by Gasteiger charge is 2.51. The van der Waals surface area contributed by atoms with Gasteiger partial charge in [0.25, 0.3) is 0 Å². The zero-order chi connectivity index (χ0) is 26.0. The lowest BCUT2D eigenvalue weighted by molar-refractivity contribution is -0.174. The predicted molar refractivity (Wildman–Crippen MR) is 126 cm³/mol. The Balaban J connectivity index is 3.27. The molecule has 0 aliphatic heterocycles. The smallest absolute Gasteiger partial charge is 0.310 e. The molecule has 34 heavy (non-hydrogen) atoms. The van der Waals surface area contributed by atoms with Crippen LogP contribution >= 0.6 is 0 Å². The lowest BCUT2D eigenvalue weighted by atomic mass is 9.68. The van der Waals surface area contributed by atoms with Crippen LogP contribution < -0.4 is 0 Å². The zero-order valence-electron chi connectivity index (χ0n) is 20.6. The van der Waals surface area contributed by atoms with Crippen molar-refractivity contribution in [3.63, 3.8) is 0 Å². The second-order valence-electron chi connectivity index (χ2n) is 9.16. The molecule has 188 valence electrons. The third-order valence-electron chi connectivity index (χ3n) is 5.04. The van der Waals surface area contributed by atoms with Crippen LogP contribution in [0.1, 0.15) is 40.5 Å². The Bertz CT molecular complexity index is 715. The van der Waals surface area contributed by atoms with Crippen LogP contribution in [0, 0.1) is 23.7 Å². The van der Waals surface area contributed by atoms with Gasteiger partial charge in [-0.25, -0.2) is 0 Å². The van der Waals surface area contributed by atoms with E-state index in [9.17, 15) is 19.2 Å². The summed E-state index contributed by atoms with van der Waals surface area (Å²) < 4.78 is 21.2. The summed E-state index contributed by atoms with van der Waals surface area (Å²) in [5.41, 5.74) is 2.46. The van der Waals surface area contributed by atoms with E-state index >= 15 is 0 Å². The first-order valence-electron chi connectivity index (χ1n) is 11.1. The van der Waals surface area contributed by atoms with E-state index in [4.69, 9.17) is 18.9 Å². The standard InChI is InChI=1S/C26H36O8/c1-15(2)11-31-23(27)19-9-21(25(29)33-13-17(5)6)22(26(30)34-14-18(7)8)10-20(19)24(28)32-12-16(3)4/h19-22H,1,3,5,7,9-14H2,2,4,6,8H3. The minimum Gasteiger partial charge on any atom is -0.461 e. The number of carbonyl (C=O) groups is 4.